The van der Waals surface area contributed by atoms with Gasteiger partial charge in [-0.1, -0.05) is 80.6 Å². The zero-order valence-corrected chi connectivity index (χ0v) is 31.3. The number of aryl methyl sites for hydroxylation is 1. The van der Waals surface area contributed by atoms with E-state index in [1.807, 2.05) is 52.2 Å². The molecule has 52 heavy (non-hydrogen) atoms. The molecule has 0 saturated carbocycles. The highest BCUT2D eigenvalue weighted by Gasteiger charge is 2.57. The Labute approximate surface area is 308 Å². The number of pyridine rings is 1. The summed E-state index contributed by atoms with van der Waals surface area (Å²) in [5, 5.41) is 8.96. The molecule has 0 aliphatic carbocycles. The van der Waals surface area contributed by atoms with Gasteiger partial charge in [-0.3, -0.25) is 14.4 Å². The third-order valence-electron chi connectivity index (χ3n) is 10.8. The van der Waals surface area contributed by atoms with Crippen molar-refractivity contribution in [2.45, 2.75) is 85.2 Å². The van der Waals surface area contributed by atoms with E-state index in [1.54, 1.807) is 0 Å². The van der Waals surface area contributed by atoms with Gasteiger partial charge in [0.1, 0.15) is 28.5 Å². The molecule has 0 radical (unpaired) electrons. The van der Waals surface area contributed by atoms with E-state index in [1.165, 1.54) is 32.1 Å². The maximum absolute atomic E-state index is 14.9. The van der Waals surface area contributed by atoms with Gasteiger partial charge in [0.2, 0.25) is 0 Å². The van der Waals surface area contributed by atoms with E-state index < -0.39 is 5.54 Å². The fourth-order valence-electron chi connectivity index (χ4n) is 8.08. The topological polar surface area (TPSA) is 79.6 Å². The highest BCUT2D eigenvalue weighted by molar-refractivity contribution is 6.14. The second-order valence-corrected chi connectivity index (χ2v) is 13.7. The van der Waals surface area contributed by atoms with Crippen molar-refractivity contribution in [1.82, 2.24) is 20.0 Å². The first kappa shape index (κ1) is 35.2. The van der Waals surface area contributed by atoms with Gasteiger partial charge in [0, 0.05) is 78.5 Å². The SMILES string of the molecule is CCCCCCCCn1cc(-c2cccc(N3C(=O)c4ccccc4C34c3ccc(N(CC)CC)cc3Oc3cc(N(CC)CC)ccc34)n2)nn1. The van der Waals surface area contributed by atoms with E-state index in [0.717, 1.165) is 78.7 Å². The van der Waals surface area contributed by atoms with Gasteiger partial charge in [-0.2, -0.15) is 0 Å². The van der Waals surface area contributed by atoms with Crippen molar-refractivity contribution in [2.24, 2.45) is 0 Å². The number of benzene rings is 3. The number of carbonyl (C=O) groups excluding carboxylic acids is 1. The number of ether oxygens (including phenoxy) is 1. The highest BCUT2D eigenvalue weighted by Crippen LogP contribution is 2.59. The number of hydrogen-bond donors (Lipinski definition) is 0. The van der Waals surface area contributed by atoms with Crippen LogP contribution in [0.5, 0.6) is 11.5 Å². The Morgan fingerprint density at radius 3 is 1.96 bits per heavy atom. The number of aromatic nitrogens is 4. The first-order valence-electron chi connectivity index (χ1n) is 19.3. The minimum absolute atomic E-state index is 0.105. The van der Waals surface area contributed by atoms with Crippen LogP contribution in [0.3, 0.4) is 0 Å². The molecule has 5 aromatic rings. The van der Waals surface area contributed by atoms with Crippen molar-refractivity contribution in [3.05, 3.63) is 107 Å². The maximum Gasteiger partial charge on any atom is 0.261 e. The lowest BCUT2D eigenvalue weighted by molar-refractivity contribution is 0.0985. The van der Waals surface area contributed by atoms with Crippen molar-refractivity contribution in [2.75, 3.05) is 40.9 Å². The number of carbonyl (C=O) groups is 1. The number of nitrogens with zero attached hydrogens (tertiary/aromatic N) is 7. The standard InChI is InChI=1S/C43H51N7O2/c1-6-11-12-13-14-17-27-49-30-38(45-46-49)37-21-18-22-41(44-37)50-42(51)33-19-15-16-20-34(33)43(50)35-25-23-31(47(7-2)8-3)28-39(35)52-40-29-32(24-26-36(40)43)48(9-4)10-5/h15-16,18-26,28-30H,6-14,17,27H2,1-5H3. The van der Waals surface area contributed by atoms with Crippen LogP contribution in [0.2, 0.25) is 0 Å². The fraction of sp³-hybridized carbons (Fsp3) is 0.395. The minimum Gasteiger partial charge on any atom is -0.456 e. The first-order chi connectivity index (χ1) is 25.5. The molecule has 9 nitrogen and oxygen atoms in total. The lowest BCUT2D eigenvalue weighted by Crippen LogP contribution is -2.48. The molecule has 0 N–H and O–H groups in total. The average Bonchev–Trinajstić information content (AvgIpc) is 3.75. The van der Waals surface area contributed by atoms with E-state index in [9.17, 15) is 4.79 Å². The number of unbranched alkanes of at least 4 members (excludes halogenated alkanes) is 5. The molecule has 2 aromatic heterocycles. The smallest absolute Gasteiger partial charge is 0.261 e. The van der Waals surface area contributed by atoms with Gasteiger partial charge in [0.05, 0.1) is 11.9 Å². The van der Waals surface area contributed by atoms with Gasteiger partial charge in [0.25, 0.3) is 5.91 Å². The van der Waals surface area contributed by atoms with Gasteiger partial charge >= 0.3 is 0 Å². The van der Waals surface area contributed by atoms with Gasteiger partial charge in [0.15, 0.2) is 0 Å². The lowest BCUT2D eigenvalue weighted by Gasteiger charge is -2.44. The summed E-state index contributed by atoms with van der Waals surface area (Å²) in [6.45, 7) is 15.2. The van der Waals surface area contributed by atoms with Crippen LogP contribution in [0.15, 0.2) is 85.1 Å². The molecule has 0 saturated heterocycles. The van der Waals surface area contributed by atoms with E-state index in [0.29, 0.717) is 22.8 Å². The predicted molar refractivity (Wildman–Crippen MR) is 210 cm³/mol. The number of fused-ring (bicyclic) bond motifs is 6. The largest absolute Gasteiger partial charge is 0.456 e. The van der Waals surface area contributed by atoms with Crippen molar-refractivity contribution >= 4 is 23.1 Å². The first-order valence-corrected chi connectivity index (χ1v) is 19.3. The van der Waals surface area contributed by atoms with Crippen LogP contribution < -0.4 is 19.4 Å². The fourth-order valence-corrected chi connectivity index (χ4v) is 8.08. The molecular weight excluding hydrogens is 647 g/mol. The molecule has 0 bridgehead atoms. The molecule has 9 heteroatoms. The Hall–Kier alpha value is -5.18. The number of rotatable bonds is 15. The predicted octanol–water partition coefficient (Wildman–Crippen LogP) is 9.45. The zero-order valence-electron chi connectivity index (χ0n) is 31.3. The van der Waals surface area contributed by atoms with Crippen molar-refractivity contribution in [1.29, 1.82) is 0 Å². The van der Waals surface area contributed by atoms with Crippen molar-refractivity contribution < 1.29 is 9.53 Å². The Balaban J connectivity index is 1.36. The van der Waals surface area contributed by atoms with Crippen molar-refractivity contribution in [3.63, 3.8) is 0 Å². The Kier molecular flexibility index (Phi) is 10.3. The van der Waals surface area contributed by atoms with E-state index in [-0.39, 0.29) is 5.91 Å². The second-order valence-electron chi connectivity index (χ2n) is 13.7. The third-order valence-corrected chi connectivity index (χ3v) is 10.8. The molecule has 3 aromatic carbocycles. The molecule has 7 rings (SSSR count). The summed E-state index contributed by atoms with van der Waals surface area (Å²) in [7, 11) is 0. The van der Waals surface area contributed by atoms with Crippen LogP contribution in [0, 0.1) is 0 Å². The summed E-state index contributed by atoms with van der Waals surface area (Å²) in [6.07, 6.45) is 9.29. The third kappa shape index (κ3) is 6.10. The van der Waals surface area contributed by atoms with Crippen LogP contribution in [0.25, 0.3) is 11.4 Å². The van der Waals surface area contributed by atoms with Crippen LogP contribution in [0.1, 0.15) is 100 Å². The number of anilines is 3. The molecule has 0 unspecified atom stereocenters. The molecule has 4 heterocycles. The number of hydrogen-bond acceptors (Lipinski definition) is 7. The molecule has 1 amide bonds. The molecule has 0 fully saturated rings. The van der Waals surface area contributed by atoms with Gasteiger partial charge in [-0.25, -0.2) is 4.98 Å². The molecule has 2 aliphatic heterocycles. The molecule has 1 spiro atoms. The normalized spacial score (nSPS) is 13.9. The van der Waals surface area contributed by atoms with Gasteiger partial charge in [-0.15, -0.1) is 5.10 Å². The van der Waals surface area contributed by atoms with Crippen LogP contribution in [-0.4, -0.2) is 52.1 Å². The average molecular weight is 698 g/mol. The van der Waals surface area contributed by atoms with Gasteiger partial charge in [-0.05, 0) is 64.4 Å². The Morgan fingerprint density at radius 2 is 1.31 bits per heavy atom. The van der Waals surface area contributed by atoms with E-state index >= 15 is 0 Å². The van der Waals surface area contributed by atoms with Crippen LogP contribution in [-0.2, 0) is 12.1 Å². The maximum atomic E-state index is 14.9. The minimum atomic E-state index is -1.03. The molecule has 270 valence electrons. The summed E-state index contributed by atoms with van der Waals surface area (Å²) in [4.78, 5) is 26.6. The molecule has 2 aliphatic rings. The van der Waals surface area contributed by atoms with Crippen LogP contribution in [0.4, 0.5) is 17.2 Å². The zero-order chi connectivity index (χ0) is 36.2. The highest BCUT2D eigenvalue weighted by atomic mass is 16.5. The molecule has 0 atom stereocenters. The van der Waals surface area contributed by atoms with E-state index in [4.69, 9.17) is 9.72 Å². The second kappa shape index (κ2) is 15.2. The monoisotopic (exact) mass is 697 g/mol. The number of amides is 1. The Bertz CT molecular complexity index is 1970. The summed E-state index contributed by atoms with van der Waals surface area (Å²) >= 11 is 0. The summed E-state index contributed by atoms with van der Waals surface area (Å²) in [5.74, 6) is 1.91. The van der Waals surface area contributed by atoms with Crippen LogP contribution >= 0.6 is 0 Å². The molecular formula is C43H51N7O2. The van der Waals surface area contributed by atoms with Gasteiger partial charge < -0.3 is 14.5 Å². The van der Waals surface area contributed by atoms with E-state index in [2.05, 4.69) is 97.2 Å². The quantitative estimate of drug-likeness (QED) is 0.101. The Morgan fingerprint density at radius 1 is 0.673 bits per heavy atom. The summed E-state index contributed by atoms with van der Waals surface area (Å²) in [6, 6.07) is 26.7. The summed E-state index contributed by atoms with van der Waals surface area (Å²) < 4.78 is 8.79. The summed E-state index contributed by atoms with van der Waals surface area (Å²) in [5.41, 5.74) is 5.86. The lowest BCUT2D eigenvalue weighted by atomic mass is 9.74. The van der Waals surface area contributed by atoms with Crippen molar-refractivity contribution in [3.8, 4) is 22.9 Å².